The van der Waals surface area contributed by atoms with Crippen molar-refractivity contribution in [1.82, 2.24) is 10.2 Å². The van der Waals surface area contributed by atoms with Crippen molar-refractivity contribution < 1.29 is 4.74 Å². The van der Waals surface area contributed by atoms with Crippen LogP contribution in [-0.2, 0) is 17.7 Å². The van der Waals surface area contributed by atoms with Gasteiger partial charge >= 0.3 is 0 Å². The zero-order chi connectivity index (χ0) is 14.7. The summed E-state index contributed by atoms with van der Waals surface area (Å²) in [5, 5.41) is 3.57. The van der Waals surface area contributed by atoms with Crippen LogP contribution in [0.3, 0.4) is 0 Å². The van der Waals surface area contributed by atoms with Gasteiger partial charge in [0.1, 0.15) is 0 Å². The Hall–Kier alpha value is -0.900. The van der Waals surface area contributed by atoms with Crippen LogP contribution in [0.15, 0.2) is 24.3 Å². The fourth-order valence-electron chi connectivity index (χ4n) is 3.03. The molecular weight excluding hydrogens is 260 g/mol. The molecule has 3 heteroatoms. The van der Waals surface area contributed by atoms with E-state index in [-0.39, 0.29) is 5.60 Å². The van der Waals surface area contributed by atoms with Crippen molar-refractivity contribution in [1.29, 1.82) is 0 Å². The maximum Gasteiger partial charge on any atom is 0.0753 e. The van der Waals surface area contributed by atoms with Crippen molar-refractivity contribution in [2.75, 3.05) is 26.2 Å². The lowest BCUT2D eigenvalue weighted by Gasteiger charge is -2.38. The van der Waals surface area contributed by atoms with Gasteiger partial charge in [-0.05, 0) is 50.8 Å². The van der Waals surface area contributed by atoms with E-state index in [2.05, 4.69) is 48.3 Å². The number of nitrogens with one attached hydrogen (secondary N) is 1. The standard InChI is InChI=1S/C18H28N2O/c1-18(2)14-20(11-12-21-18)13-16-5-3-15(4-6-16)9-10-19-17-7-8-17/h3-6,17,19H,7-14H2,1-2H3. The molecule has 0 amide bonds. The van der Waals surface area contributed by atoms with Gasteiger partial charge in [0.15, 0.2) is 0 Å². The maximum absolute atomic E-state index is 5.77. The Kier molecular flexibility index (Phi) is 4.63. The summed E-state index contributed by atoms with van der Waals surface area (Å²) in [6, 6.07) is 9.96. The van der Waals surface area contributed by atoms with E-state index in [9.17, 15) is 0 Å². The summed E-state index contributed by atoms with van der Waals surface area (Å²) >= 11 is 0. The van der Waals surface area contributed by atoms with Gasteiger partial charge in [-0.1, -0.05) is 24.3 Å². The third-order valence-electron chi connectivity index (χ3n) is 4.36. The van der Waals surface area contributed by atoms with Crippen LogP contribution < -0.4 is 5.32 Å². The molecule has 2 fully saturated rings. The van der Waals surface area contributed by atoms with Crippen molar-refractivity contribution in [2.45, 2.75) is 51.3 Å². The highest BCUT2D eigenvalue weighted by Crippen LogP contribution is 2.19. The third kappa shape index (κ3) is 4.80. The average Bonchev–Trinajstić information content (AvgIpc) is 3.24. The Morgan fingerprint density at radius 1 is 1.19 bits per heavy atom. The van der Waals surface area contributed by atoms with Gasteiger partial charge in [-0.25, -0.2) is 0 Å². The molecule has 3 rings (SSSR count). The molecule has 0 aromatic heterocycles. The van der Waals surface area contributed by atoms with Gasteiger partial charge in [0.2, 0.25) is 0 Å². The van der Waals surface area contributed by atoms with Crippen molar-refractivity contribution >= 4 is 0 Å². The van der Waals surface area contributed by atoms with E-state index in [0.29, 0.717) is 0 Å². The summed E-state index contributed by atoms with van der Waals surface area (Å²) in [7, 11) is 0. The lowest BCUT2D eigenvalue weighted by Crippen LogP contribution is -2.47. The molecule has 0 unspecified atom stereocenters. The quantitative estimate of drug-likeness (QED) is 0.871. The molecule has 2 aliphatic rings. The van der Waals surface area contributed by atoms with Crippen LogP contribution >= 0.6 is 0 Å². The van der Waals surface area contributed by atoms with Gasteiger partial charge < -0.3 is 10.1 Å². The molecule has 21 heavy (non-hydrogen) atoms. The number of rotatable bonds is 6. The average molecular weight is 288 g/mol. The van der Waals surface area contributed by atoms with Crippen LogP contribution in [0.25, 0.3) is 0 Å². The molecule has 1 aromatic carbocycles. The Bertz CT molecular complexity index is 451. The Labute approximate surface area is 128 Å². The van der Waals surface area contributed by atoms with Crippen LogP contribution in [0.2, 0.25) is 0 Å². The fraction of sp³-hybridized carbons (Fsp3) is 0.667. The first-order valence-corrected chi connectivity index (χ1v) is 8.28. The minimum atomic E-state index is -0.00727. The maximum atomic E-state index is 5.77. The molecule has 1 aromatic rings. The van der Waals surface area contributed by atoms with E-state index in [1.165, 1.54) is 24.0 Å². The number of ether oxygens (including phenoxy) is 1. The van der Waals surface area contributed by atoms with Gasteiger partial charge in [-0.3, -0.25) is 4.90 Å². The van der Waals surface area contributed by atoms with E-state index in [1.807, 2.05) is 0 Å². The monoisotopic (exact) mass is 288 g/mol. The number of hydrogen-bond donors (Lipinski definition) is 1. The van der Waals surface area contributed by atoms with Crippen LogP contribution in [0.1, 0.15) is 37.8 Å². The van der Waals surface area contributed by atoms with Crippen LogP contribution in [0.5, 0.6) is 0 Å². The van der Waals surface area contributed by atoms with E-state index in [0.717, 1.165) is 45.2 Å². The largest absolute Gasteiger partial charge is 0.373 e. The summed E-state index contributed by atoms with van der Waals surface area (Å²) in [5.41, 5.74) is 2.84. The summed E-state index contributed by atoms with van der Waals surface area (Å²) in [6.45, 7) is 9.40. The predicted octanol–water partition coefficient (Wildman–Crippen LogP) is 2.59. The molecule has 0 spiro atoms. The van der Waals surface area contributed by atoms with Gasteiger partial charge in [-0.15, -0.1) is 0 Å². The minimum absolute atomic E-state index is 0.00727. The first kappa shape index (κ1) is 15.0. The molecule has 1 N–H and O–H groups in total. The zero-order valence-electron chi connectivity index (χ0n) is 13.4. The summed E-state index contributed by atoms with van der Waals surface area (Å²) < 4.78 is 5.77. The second kappa shape index (κ2) is 6.47. The first-order valence-electron chi connectivity index (χ1n) is 8.28. The number of benzene rings is 1. The number of morpholine rings is 1. The van der Waals surface area contributed by atoms with Crippen molar-refractivity contribution in [2.24, 2.45) is 0 Å². The van der Waals surface area contributed by atoms with Gasteiger partial charge in [0.05, 0.1) is 12.2 Å². The molecular formula is C18H28N2O. The third-order valence-corrected chi connectivity index (χ3v) is 4.36. The highest BCUT2D eigenvalue weighted by molar-refractivity contribution is 5.23. The van der Waals surface area contributed by atoms with Crippen molar-refractivity contribution in [3.8, 4) is 0 Å². The fourth-order valence-corrected chi connectivity index (χ4v) is 3.03. The Balaban J connectivity index is 1.47. The predicted molar refractivity (Wildman–Crippen MR) is 86.5 cm³/mol. The molecule has 0 bridgehead atoms. The van der Waals surface area contributed by atoms with E-state index in [1.54, 1.807) is 0 Å². The smallest absolute Gasteiger partial charge is 0.0753 e. The van der Waals surface area contributed by atoms with Crippen molar-refractivity contribution in [3.05, 3.63) is 35.4 Å². The van der Waals surface area contributed by atoms with Crippen LogP contribution in [-0.4, -0.2) is 42.8 Å². The Morgan fingerprint density at radius 3 is 2.57 bits per heavy atom. The van der Waals surface area contributed by atoms with Crippen molar-refractivity contribution in [3.63, 3.8) is 0 Å². The molecule has 1 aliphatic carbocycles. The number of nitrogens with zero attached hydrogens (tertiary/aromatic N) is 1. The first-order chi connectivity index (χ1) is 10.1. The molecule has 1 saturated carbocycles. The summed E-state index contributed by atoms with van der Waals surface area (Å²) in [4.78, 5) is 2.49. The second-order valence-electron chi connectivity index (χ2n) is 7.11. The van der Waals surface area contributed by atoms with E-state index in [4.69, 9.17) is 4.74 Å². The van der Waals surface area contributed by atoms with Gasteiger partial charge in [-0.2, -0.15) is 0 Å². The zero-order valence-corrected chi connectivity index (χ0v) is 13.4. The van der Waals surface area contributed by atoms with Gasteiger partial charge in [0.25, 0.3) is 0 Å². The van der Waals surface area contributed by atoms with Crippen LogP contribution in [0, 0.1) is 0 Å². The van der Waals surface area contributed by atoms with E-state index >= 15 is 0 Å². The second-order valence-corrected chi connectivity index (χ2v) is 7.11. The Morgan fingerprint density at radius 2 is 1.90 bits per heavy atom. The molecule has 3 nitrogen and oxygen atoms in total. The lowest BCUT2D eigenvalue weighted by molar-refractivity contribution is -0.0882. The normalized spacial score (nSPS) is 22.4. The SMILES string of the molecule is CC1(C)CN(Cc2ccc(CCNC3CC3)cc2)CCO1. The molecule has 1 saturated heterocycles. The minimum Gasteiger partial charge on any atom is -0.373 e. The van der Waals surface area contributed by atoms with Gasteiger partial charge in [0, 0.05) is 25.7 Å². The van der Waals surface area contributed by atoms with Crippen LogP contribution in [0.4, 0.5) is 0 Å². The summed E-state index contributed by atoms with van der Waals surface area (Å²) in [6.07, 6.45) is 3.88. The molecule has 1 heterocycles. The highest BCUT2D eigenvalue weighted by atomic mass is 16.5. The highest BCUT2D eigenvalue weighted by Gasteiger charge is 2.26. The molecule has 0 radical (unpaired) electrons. The summed E-state index contributed by atoms with van der Waals surface area (Å²) in [5.74, 6) is 0. The lowest BCUT2D eigenvalue weighted by atomic mass is 10.1. The molecule has 116 valence electrons. The molecule has 0 atom stereocenters. The number of hydrogen-bond acceptors (Lipinski definition) is 3. The topological polar surface area (TPSA) is 24.5 Å². The van der Waals surface area contributed by atoms with E-state index < -0.39 is 0 Å². The molecule has 1 aliphatic heterocycles.